The fraction of sp³-hybridized carbons (Fsp3) is 0.394. The van der Waals surface area contributed by atoms with Gasteiger partial charge in [-0.05, 0) is 79.5 Å². The summed E-state index contributed by atoms with van der Waals surface area (Å²) < 4.78 is 13.0. The molecule has 1 aromatic carbocycles. The number of hydrogen-bond acceptors (Lipinski definition) is 9. The number of carboxylic acid groups (broad SMARTS) is 1. The molecule has 0 aliphatic heterocycles. The third kappa shape index (κ3) is 8.34. The maximum atomic E-state index is 12.1. The summed E-state index contributed by atoms with van der Waals surface area (Å²) in [6.45, 7) is 6.71. The zero-order valence-corrected chi connectivity index (χ0v) is 25.9. The van der Waals surface area contributed by atoms with Crippen molar-refractivity contribution in [3.05, 3.63) is 82.1 Å². The molecule has 1 saturated carbocycles. The van der Waals surface area contributed by atoms with Crippen LogP contribution in [0.1, 0.15) is 95.5 Å². The van der Waals surface area contributed by atoms with Crippen LogP contribution in [-0.4, -0.2) is 49.0 Å². The maximum Gasteiger partial charge on any atom is 0.412 e. The van der Waals surface area contributed by atoms with Gasteiger partial charge in [0, 0.05) is 30.6 Å². The second-order valence-electron chi connectivity index (χ2n) is 11.4. The number of aromatic carboxylic acids is 1. The third-order valence-corrected chi connectivity index (χ3v) is 7.72. The number of benzene rings is 1. The van der Waals surface area contributed by atoms with Gasteiger partial charge in [-0.3, -0.25) is 10.7 Å². The quantitative estimate of drug-likeness (QED) is 0.0743. The Morgan fingerprint density at radius 2 is 1.82 bits per heavy atom. The van der Waals surface area contributed by atoms with Crippen LogP contribution in [0.15, 0.2) is 42.7 Å². The average molecular weight is 614 g/mol. The molecule has 0 radical (unpaired) electrons. The lowest BCUT2D eigenvalue weighted by molar-refractivity contribution is 0.0682. The minimum Gasteiger partial charge on any atom is -0.475 e. The van der Waals surface area contributed by atoms with E-state index in [2.05, 4.69) is 44.8 Å². The Morgan fingerprint density at radius 3 is 2.53 bits per heavy atom. The summed E-state index contributed by atoms with van der Waals surface area (Å²) in [6, 6.07) is 9.28. The number of imidazole rings is 1. The molecule has 0 unspecified atom stereocenters. The van der Waals surface area contributed by atoms with Crippen LogP contribution in [0.25, 0.3) is 5.65 Å². The number of anilines is 1. The number of aryl methyl sites for hydroxylation is 2. The molecule has 5 rings (SSSR count). The SMILES string of the molecule is CCCCCCOC(=O)NC(=N)c1cc(C)c(CNc2cc(OCc3cn4cc(C5CC5)ccc4n3)nc(C(=O)O)n2)c(C)c1. The van der Waals surface area contributed by atoms with E-state index >= 15 is 0 Å². The second kappa shape index (κ2) is 14.2. The van der Waals surface area contributed by atoms with Gasteiger partial charge in [-0.15, -0.1) is 0 Å². The van der Waals surface area contributed by atoms with Crippen molar-refractivity contribution in [2.24, 2.45) is 0 Å². The molecule has 0 atom stereocenters. The molecule has 4 N–H and O–H groups in total. The van der Waals surface area contributed by atoms with Crippen molar-refractivity contribution in [1.29, 1.82) is 5.41 Å². The predicted molar refractivity (Wildman–Crippen MR) is 169 cm³/mol. The van der Waals surface area contributed by atoms with Gasteiger partial charge in [-0.1, -0.05) is 32.3 Å². The van der Waals surface area contributed by atoms with E-state index in [1.807, 2.05) is 42.6 Å². The molecule has 1 aliphatic carbocycles. The number of aromatic nitrogens is 4. The van der Waals surface area contributed by atoms with Crippen LogP contribution in [0, 0.1) is 19.3 Å². The molecule has 1 amide bonds. The van der Waals surface area contributed by atoms with Crippen LogP contribution in [0.2, 0.25) is 0 Å². The van der Waals surface area contributed by atoms with Crippen LogP contribution in [0.3, 0.4) is 0 Å². The Balaban J connectivity index is 1.21. The van der Waals surface area contributed by atoms with E-state index in [1.165, 1.54) is 18.4 Å². The number of ether oxygens (including phenoxy) is 2. The number of pyridine rings is 1. The van der Waals surface area contributed by atoms with E-state index in [1.54, 1.807) is 6.07 Å². The summed E-state index contributed by atoms with van der Waals surface area (Å²) >= 11 is 0. The number of carbonyl (C=O) groups excluding carboxylic acids is 1. The molecule has 0 spiro atoms. The van der Waals surface area contributed by atoms with Crippen LogP contribution >= 0.6 is 0 Å². The number of carbonyl (C=O) groups is 2. The lowest BCUT2D eigenvalue weighted by Gasteiger charge is -2.15. The Morgan fingerprint density at radius 1 is 1.04 bits per heavy atom. The van der Waals surface area contributed by atoms with Gasteiger partial charge in [0.25, 0.3) is 0 Å². The Kier molecular flexibility index (Phi) is 9.91. The minimum absolute atomic E-state index is 0.0445. The van der Waals surface area contributed by atoms with Crippen molar-refractivity contribution >= 4 is 29.4 Å². The Labute approximate surface area is 261 Å². The summed E-state index contributed by atoms with van der Waals surface area (Å²) in [5.74, 6) is -0.668. The van der Waals surface area contributed by atoms with Crippen molar-refractivity contribution in [2.75, 3.05) is 11.9 Å². The van der Waals surface area contributed by atoms with Gasteiger partial charge in [-0.25, -0.2) is 19.6 Å². The van der Waals surface area contributed by atoms with E-state index in [9.17, 15) is 14.7 Å². The van der Waals surface area contributed by atoms with Crippen LogP contribution in [0.5, 0.6) is 5.88 Å². The van der Waals surface area contributed by atoms with Gasteiger partial charge in [0.1, 0.15) is 23.9 Å². The van der Waals surface area contributed by atoms with E-state index in [0.29, 0.717) is 36.1 Å². The van der Waals surface area contributed by atoms with Crippen LogP contribution < -0.4 is 15.4 Å². The monoisotopic (exact) mass is 613 g/mol. The molecular weight excluding hydrogens is 574 g/mol. The van der Waals surface area contributed by atoms with Crippen molar-refractivity contribution < 1.29 is 24.2 Å². The second-order valence-corrected chi connectivity index (χ2v) is 11.4. The molecule has 236 valence electrons. The molecular formula is C33H39N7O5. The number of rotatable bonds is 14. The molecule has 4 aromatic rings. The van der Waals surface area contributed by atoms with Crippen molar-refractivity contribution in [2.45, 2.75) is 78.4 Å². The van der Waals surface area contributed by atoms with Gasteiger partial charge >= 0.3 is 12.1 Å². The van der Waals surface area contributed by atoms with Gasteiger partial charge in [0.05, 0.1) is 12.3 Å². The molecule has 0 bridgehead atoms. The number of hydrogen-bond donors (Lipinski definition) is 4. The minimum atomic E-state index is -1.27. The molecule has 0 saturated heterocycles. The summed E-state index contributed by atoms with van der Waals surface area (Å²) in [4.78, 5) is 36.7. The number of amides is 1. The van der Waals surface area contributed by atoms with E-state index < -0.39 is 12.1 Å². The fourth-order valence-corrected chi connectivity index (χ4v) is 5.12. The summed E-state index contributed by atoms with van der Waals surface area (Å²) in [6.07, 6.45) is 9.79. The van der Waals surface area contributed by atoms with E-state index in [-0.39, 0.29) is 24.1 Å². The zero-order chi connectivity index (χ0) is 31.9. The van der Waals surface area contributed by atoms with Gasteiger partial charge in [0.2, 0.25) is 11.7 Å². The van der Waals surface area contributed by atoms with Crippen molar-refractivity contribution in [3.8, 4) is 5.88 Å². The molecule has 1 fully saturated rings. The topological polar surface area (TPSA) is 164 Å². The number of unbranched alkanes of at least 4 members (excludes halogenated alkanes) is 3. The normalized spacial score (nSPS) is 12.6. The summed E-state index contributed by atoms with van der Waals surface area (Å²) in [5, 5.41) is 23.6. The Hall–Kier alpha value is -5.00. The van der Waals surface area contributed by atoms with Crippen molar-refractivity contribution in [3.63, 3.8) is 0 Å². The van der Waals surface area contributed by atoms with Crippen LogP contribution in [-0.2, 0) is 17.9 Å². The number of nitrogens with zero attached hydrogens (tertiary/aromatic N) is 4. The Bertz CT molecular complexity index is 1690. The number of amidine groups is 1. The number of nitrogens with one attached hydrogen (secondary N) is 3. The predicted octanol–water partition coefficient (Wildman–Crippen LogP) is 6.14. The fourth-order valence-electron chi connectivity index (χ4n) is 5.12. The number of fused-ring (bicyclic) bond motifs is 1. The highest BCUT2D eigenvalue weighted by Crippen LogP contribution is 2.39. The first-order valence-corrected chi connectivity index (χ1v) is 15.3. The highest BCUT2D eigenvalue weighted by atomic mass is 16.5. The van der Waals surface area contributed by atoms with E-state index in [0.717, 1.165) is 48.0 Å². The molecule has 12 nitrogen and oxygen atoms in total. The highest BCUT2D eigenvalue weighted by Gasteiger charge is 2.24. The third-order valence-electron chi connectivity index (χ3n) is 7.72. The van der Waals surface area contributed by atoms with Crippen molar-refractivity contribution in [1.82, 2.24) is 24.7 Å². The summed E-state index contributed by atoms with van der Waals surface area (Å²) in [7, 11) is 0. The van der Waals surface area contributed by atoms with Gasteiger partial charge in [-0.2, -0.15) is 4.98 Å². The lowest BCUT2D eigenvalue weighted by atomic mass is 9.98. The maximum absolute atomic E-state index is 12.1. The lowest BCUT2D eigenvalue weighted by Crippen LogP contribution is -2.31. The first kappa shape index (κ1) is 31.4. The standard InChI is InChI=1S/C33H39N7O5/c1-4-5-6-7-12-44-33(43)39-30(34)24-13-20(2)26(21(3)14-24)16-35-27-15-29(38-31(37-27)32(41)42)45-19-25-18-40-17-23(22-8-9-22)10-11-28(40)36-25/h10-11,13-15,17-18,22H,4-9,12,16,19H2,1-3H3,(H,41,42)(H2,34,39,43)(H,35,37,38). The van der Waals surface area contributed by atoms with Gasteiger partial charge < -0.3 is 24.3 Å². The molecule has 45 heavy (non-hydrogen) atoms. The first-order chi connectivity index (χ1) is 21.7. The zero-order valence-electron chi connectivity index (χ0n) is 25.9. The van der Waals surface area contributed by atoms with Gasteiger partial charge in [0.15, 0.2) is 0 Å². The number of alkyl carbamates (subject to hydrolysis) is 1. The molecule has 1 aliphatic rings. The highest BCUT2D eigenvalue weighted by molar-refractivity contribution is 6.04. The smallest absolute Gasteiger partial charge is 0.412 e. The molecule has 3 aromatic heterocycles. The largest absolute Gasteiger partial charge is 0.475 e. The number of carboxylic acids is 1. The van der Waals surface area contributed by atoms with E-state index in [4.69, 9.17) is 14.9 Å². The first-order valence-electron chi connectivity index (χ1n) is 15.3. The van der Waals surface area contributed by atoms with Crippen LogP contribution in [0.4, 0.5) is 10.6 Å². The molecule has 12 heteroatoms. The summed E-state index contributed by atoms with van der Waals surface area (Å²) in [5.41, 5.74) is 6.08. The molecule has 3 heterocycles. The average Bonchev–Trinajstić information content (AvgIpc) is 3.78.